The van der Waals surface area contributed by atoms with E-state index in [0.29, 0.717) is 0 Å². The molecule has 0 saturated heterocycles. The van der Waals surface area contributed by atoms with E-state index < -0.39 is 0 Å². The van der Waals surface area contributed by atoms with Crippen LogP contribution in [0.15, 0.2) is 255 Å². The van der Waals surface area contributed by atoms with Gasteiger partial charge >= 0.3 is 0 Å². The van der Waals surface area contributed by atoms with Gasteiger partial charge in [0.05, 0.1) is 11.4 Å². The Morgan fingerprint density at radius 1 is 0.171 bits per heavy atom. The summed E-state index contributed by atoms with van der Waals surface area (Å²) >= 11 is 0. The van der Waals surface area contributed by atoms with Crippen LogP contribution in [-0.2, 0) is 0 Å². The van der Waals surface area contributed by atoms with Gasteiger partial charge in [-0.3, -0.25) is 0 Å². The molecule has 0 radical (unpaired) electrons. The zero-order valence-electron chi connectivity index (χ0n) is 44.0. The normalized spacial score (nSPS) is 11.3. The number of benzene rings is 12. The highest BCUT2D eigenvalue weighted by atomic mass is 15.2. The fraction of sp³-hybridized carbons (Fsp3) is 0.0833. The van der Waals surface area contributed by atoms with Crippen LogP contribution in [0.3, 0.4) is 0 Å². The molecule has 0 aliphatic carbocycles. The molecule has 368 valence electrons. The van der Waals surface area contributed by atoms with Crippen molar-refractivity contribution in [3.8, 4) is 0 Å². The highest BCUT2D eigenvalue weighted by molar-refractivity contribution is 6.24. The Balaban J connectivity index is 1.02. The van der Waals surface area contributed by atoms with Crippen molar-refractivity contribution >= 4 is 101 Å². The molecule has 0 spiro atoms. The minimum Gasteiger partial charge on any atom is -0.311 e. The Morgan fingerprint density at radius 2 is 0.342 bits per heavy atom. The number of rotatable bonds is 12. The Hall–Kier alpha value is -9.38. The van der Waals surface area contributed by atoms with Gasteiger partial charge in [-0.2, -0.15) is 0 Å². The summed E-state index contributed by atoms with van der Waals surface area (Å²) in [5.41, 5.74) is 20.6. The molecule has 0 amide bonds. The molecule has 0 saturated carbocycles. The highest BCUT2D eigenvalue weighted by Crippen LogP contribution is 2.49. The van der Waals surface area contributed by atoms with Crippen molar-refractivity contribution < 1.29 is 0 Å². The predicted octanol–water partition coefficient (Wildman–Crippen LogP) is 20.9. The highest BCUT2D eigenvalue weighted by Gasteiger charge is 2.24. The van der Waals surface area contributed by atoms with Crippen molar-refractivity contribution in [2.75, 3.05) is 19.6 Å². The molecule has 12 aromatic rings. The van der Waals surface area contributed by atoms with Crippen molar-refractivity contribution in [1.29, 1.82) is 0 Å². The van der Waals surface area contributed by atoms with Gasteiger partial charge < -0.3 is 19.6 Å². The smallest absolute Gasteiger partial charge is 0.0546 e. The number of fused-ring (bicyclic) bond motifs is 5. The van der Waals surface area contributed by atoms with Crippen LogP contribution in [0.1, 0.15) is 33.4 Å². The number of aryl methyl sites for hydroxylation is 6. The van der Waals surface area contributed by atoms with Crippen LogP contribution in [0, 0.1) is 41.5 Å². The van der Waals surface area contributed by atoms with E-state index in [2.05, 4.69) is 316 Å². The van der Waals surface area contributed by atoms with E-state index in [1.54, 1.807) is 0 Å². The topological polar surface area (TPSA) is 13.0 Å². The maximum Gasteiger partial charge on any atom is 0.0546 e. The Bertz CT molecular complexity index is 3640. The predicted molar refractivity (Wildman–Crippen MR) is 326 cm³/mol. The summed E-state index contributed by atoms with van der Waals surface area (Å²) in [5.74, 6) is 0. The van der Waals surface area contributed by atoms with E-state index >= 15 is 0 Å². The summed E-state index contributed by atoms with van der Waals surface area (Å²) in [7, 11) is 0. The summed E-state index contributed by atoms with van der Waals surface area (Å²) < 4.78 is 0. The number of anilines is 12. The Morgan fingerprint density at radius 3 is 0.553 bits per heavy atom. The molecule has 0 heterocycles. The van der Waals surface area contributed by atoms with Gasteiger partial charge in [0, 0.05) is 67.6 Å². The van der Waals surface area contributed by atoms with Crippen LogP contribution in [0.25, 0.3) is 32.3 Å². The van der Waals surface area contributed by atoms with Crippen molar-refractivity contribution in [1.82, 2.24) is 0 Å². The van der Waals surface area contributed by atoms with Crippen molar-refractivity contribution in [2.24, 2.45) is 0 Å². The lowest BCUT2D eigenvalue weighted by molar-refractivity contribution is 1.25. The van der Waals surface area contributed by atoms with Crippen LogP contribution in [0.5, 0.6) is 0 Å². The SMILES string of the molecule is Cc1ccc(N(c2ccc(C)cc2)c2ccc(N(c3ccc(C)cc3)c3cc4c5ccccc5c(N(c5ccc(C)cc5)c5ccc(N(c6ccc(C)cc6)c6ccc(C)cc6)cc5)cc4c4ccccc34)cc2)cc1. The Kier molecular flexibility index (Phi) is 12.6. The van der Waals surface area contributed by atoms with Gasteiger partial charge in [0.1, 0.15) is 0 Å². The van der Waals surface area contributed by atoms with Crippen molar-refractivity contribution in [3.63, 3.8) is 0 Å². The van der Waals surface area contributed by atoms with Gasteiger partial charge in [0.25, 0.3) is 0 Å². The third-order valence-corrected chi connectivity index (χ3v) is 14.8. The lowest BCUT2D eigenvalue weighted by Gasteiger charge is -2.31. The molecule has 76 heavy (non-hydrogen) atoms. The summed E-state index contributed by atoms with van der Waals surface area (Å²) in [6, 6.07) is 93.9. The maximum absolute atomic E-state index is 2.44. The molecule has 0 atom stereocenters. The monoisotopic (exact) mass is 980 g/mol. The van der Waals surface area contributed by atoms with Crippen molar-refractivity contribution in [2.45, 2.75) is 41.5 Å². The van der Waals surface area contributed by atoms with Gasteiger partial charge in [-0.1, -0.05) is 155 Å². The van der Waals surface area contributed by atoms with E-state index in [1.807, 2.05) is 0 Å². The maximum atomic E-state index is 2.44. The van der Waals surface area contributed by atoms with Gasteiger partial charge in [0.15, 0.2) is 0 Å². The molecule has 0 fully saturated rings. The molecule has 0 bridgehead atoms. The van der Waals surface area contributed by atoms with Crippen LogP contribution in [-0.4, -0.2) is 0 Å². The molecule has 0 unspecified atom stereocenters. The molecule has 12 aromatic carbocycles. The van der Waals surface area contributed by atoms with Crippen LogP contribution in [0.2, 0.25) is 0 Å². The van der Waals surface area contributed by atoms with Crippen molar-refractivity contribution in [3.05, 3.63) is 288 Å². The summed E-state index contributed by atoms with van der Waals surface area (Å²) in [6.45, 7) is 12.9. The molecular formula is C72H60N4. The molecule has 0 aliphatic rings. The number of nitrogens with zero attached hydrogens (tertiary/aromatic N) is 4. The first-order chi connectivity index (χ1) is 37.1. The summed E-state index contributed by atoms with van der Waals surface area (Å²) in [6.07, 6.45) is 0. The average Bonchev–Trinajstić information content (AvgIpc) is 3.58. The minimum atomic E-state index is 1.07. The van der Waals surface area contributed by atoms with Gasteiger partial charge in [0.2, 0.25) is 0 Å². The van der Waals surface area contributed by atoms with Gasteiger partial charge in [-0.15, -0.1) is 0 Å². The molecule has 0 N–H and O–H groups in total. The molecule has 0 aliphatic heterocycles. The van der Waals surface area contributed by atoms with Crippen LogP contribution >= 0.6 is 0 Å². The van der Waals surface area contributed by atoms with Crippen LogP contribution < -0.4 is 19.6 Å². The lowest BCUT2D eigenvalue weighted by atomic mass is 9.93. The van der Waals surface area contributed by atoms with E-state index in [9.17, 15) is 0 Å². The Labute approximate surface area is 447 Å². The van der Waals surface area contributed by atoms with Gasteiger partial charge in [-0.05, 0) is 197 Å². The number of hydrogen-bond acceptors (Lipinski definition) is 4. The largest absolute Gasteiger partial charge is 0.311 e. The second kappa shape index (κ2) is 20.1. The van der Waals surface area contributed by atoms with Gasteiger partial charge in [-0.25, -0.2) is 0 Å². The second-order valence-corrected chi connectivity index (χ2v) is 20.4. The average molecular weight is 981 g/mol. The van der Waals surface area contributed by atoms with E-state index in [0.717, 1.165) is 68.2 Å². The zero-order chi connectivity index (χ0) is 51.9. The third kappa shape index (κ3) is 9.20. The fourth-order valence-corrected chi connectivity index (χ4v) is 10.7. The first kappa shape index (κ1) is 47.6. The van der Waals surface area contributed by atoms with E-state index in [1.165, 1.54) is 65.7 Å². The minimum absolute atomic E-state index is 1.07. The summed E-state index contributed by atoms with van der Waals surface area (Å²) in [4.78, 5) is 9.56. The third-order valence-electron chi connectivity index (χ3n) is 14.8. The molecule has 0 aromatic heterocycles. The van der Waals surface area contributed by atoms with E-state index in [4.69, 9.17) is 0 Å². The fourth-order valence-electron chi connectivity index (χ4n) is 10.7. The molecule has 4 nitrogen and oxygen atoms in total. The first-order valence-electron chi connectivity index (χ1n) is 26.3. The number of hydrogen-bond donors (Lipinski definition) is 0. The second-order valence-electron chi connectivity index (χ2n) is 20.4. The first-order valence-corrected chi connectivity index (χ1v) is 26.3. The zero-order valence-corrected chi connectivity index (χ0v) is 44.0. The molecule has 12 rings (SSSR count). The quantitative estimate of drug-likeness (QED) is 0.113. The molecular weight excluding hydrogens is 921 g/mol. The lowest BCUT2D eigenvalue weighted by Crippen LogP contribution is -2.13. The molecule has 4 heteroatoms. The van der Waals surface area contributed by atoms with E-state index in [-0.39, 0.29) is 0 Å². The van der Waals surface area contributed by atoms with Crippen LogP contribution in [0.4, 0.5) is 68.2 Å². The standard InChI is InChI=1S/C72H60N4/c1-49-15-27-55(28-16-49)73(56-29-17-50(2)18-30-56)59-39-43-63(44-40-59)75(61-35-23-53(5)24-36-61)71-47-69-66-12-8-10-14-68(66)72(48-70(69)65-11-7-9-13-67(65)71)76(62-37-25-54(6)26-38-62)64-45-41-60(42-46-64)74(57-31-19-51(3)20-32-57)58-33-21-52(4)22-34-58/h7-48H,1-6H3. The summed E-state index contributed by atoms with van der Waals surface area (Å²) in [5, 5.41) is 7.09.